The Kier molecular flexibility index (Phi) is 7.34. The SMILES string of the molecule is CCN(CCCO)C(=O)C(CN)C(C)C. The molecule has 0 aliphatic heterocycles. The van der Waals surface area contributed by atoms with Crippen LogP contribution in [-0.2, 0) is 4.79 Å². The van der Waals surface area contributed by atoms with Gasteiger partial charge in [-0.2, -0.15) is 0 Å². The quantitative estimate of drug-likeness (QED) is 0.649. The summed E-state index contributed by atoms with van der Waals surface area (Å²) in [4.78, 5) is 13.8. The monoisotopic (exact) mass is 216 g/mol. The molecule has 0 radical (unpaired) electrons. The third-order valence-electron chi connectivity index (χ3n) is 2.66. The van der Waals surface area contributed by atoms with Gasteiger partial charge in [-0.15, -0.1) is 0 Å². The van der Waals surface area contributed by atoms with E-state index in [1.165, 1.54) is 0 Å². The van der Waals surface area contributed by atoms with Gasteiger partial charge < -0.3 is 15.7 Å². The van der Waals surface area contributed by atoms with Crippen LogP contribution in [0.15, 0.2) is 0 Å². The van der Waals surface area contributed by atoms with Gasteiger partial charge in [0.05, 0.1) is 5.92 Å². The molecule has 0 aliphatic carbocycles. The van der Waals surface area contributed by atoms with Crippen LogP contribution in [0.3, 0.4) is 0 Å². The summed E-state index contributed by atoms with van der Waals surface area (Å²) in [7, 11) is 0. The second kappa shape index (κ2) is 7.65. The predicted molar refractivity (Wildman–Crippen MR) is 61.3 cm³/mol. The smallest absolute Gasteiger partial charge is 0.227 e. The molecule has 0 saturated carbocycles. The van der Waals surface area contributed by atoms with E-state index in [2.05, 4.69) is 0 Å². The van der Waals surface area contributed by atoms with Crippen molar-refractivity contribution in [3.05, 3.63) is 0 Å². The fourth-order valence-electron chi connectivity index (χ4n) is 1.58. The zero-order valence-electron chi connectivity index (χ0n) is 10.1. The lowest BCUT2D eigenvalue weighted by molar-refractivity contribution is -0.136. The number of nitrogens with two attached hydrogens (primary N) is 1. The van der Waals surface area contributed by atoms with Crippen molar-refractivity contribution in [3.63, 3.8) is 0 Å². The third kappa shape index (κ3) is 4.62. The van der Waals surface area contributed by atoms with Crippen molar-refractivity contribution in [2.45, 2.75) is 27.2 Å². The highest BCUT2D eigenvalue weighted by Crippen LogP contribution is 2.13. The van der Waals surface area contributed by atoms with Crippen molar-refractivity contribution in [1.82, 2.24) is 4.90 Å². The molecule has 0 heterocycles. The fraction of sp³-hybridized carbons (Fsp3) is 0.909. The van der Waals surface area contributed by atoms with Gasteiger partial charge in [0.25, 0.3) is 0 Å². The summed E-state index contributed by atoms with van der Waals surface area (Å²) < 4.78 is 0. The molecule has 4 nitrogen and oxygen atoms in total. The summed E-state index contributed by atoms with van der Waals surface area (Å²) in [6.45, 7) is 7.79. The molecule has 0 aliphatic rings. The van der Waals surface area contributed by atoms with Crippen LogP contribution in [0.25, 0.3) is 0 Å². The molecule has 0 aromatic carbocycles. The molecule has 0 rings (SSSR count). The van der Waals surface area contributed by atoms with Crippen molar-refractivity contribution >= 4 is 5.91 Å². The molecule has 0 saturated heterocycles. The molecule has 15 heavy (non-hydrogen) atoms. The van der Waals surface area contributed by atoms with E-state index in [-0.39, 0.29) is 24.3 Å². The zero-order valence-corrected chi connectivity index (χ0v) is 10.1. The fourth-order valence-corrected chi connectivity index (χ4v) is 1.58. The van der Waals surface area contributed by atoms with Gasteiger partial charge in [-0.3, -0.25) is 4.79 Å². The molecule has 3 N–H and O–H groups in total. The van der Waals surface area contributed by atoms with Crippen molar-refractivity contribution in [2.24, 2.45) is 17.6 Å². The van der Waals surface area contributed by atoms with Gasteiger partial charge in [-0.25, -0.2) is 0 Å². The number of rotatable bonds is 7. The van der Waals surface area contributed by atoms with Crippen LogP contribution in [0.2, 0.25) is 0 Å². The van der Waals surface area contributed by atoms with Gasteiger partial charge in [0.1, 0.15) is 0 Å². The number of aliphatic hydroxyl groups excluding tert-OH is 1. The lowest BCUT2D eigenvalue weighted by Gasteiger charge is -2.27. The molecule has 0 aromatic rings. The van der Waals surface area contributed by atoms with Crippen LogP contribution in [0.1, 0.15) is 27.2 Å². The van der Waals surface area contributed by atoms with E-state index in [0.717, 1.165) is 0 Å². The van der Waals surface area contributed by atoms with E-state index >= 15 is 0 Å². The van der Waals surface area contributed by atoms with Crippen LogP contribution >= 0.6 is 0 Å². The number of amides is 1. The summed E-state index contributed by atoms with van der Waals surface area (Å²) in [5, 5.41) is 8.73. The average molecular weight is 216 g/mol. The Bertz CT molecular complexity index is 183. The molecule has 1 unspecified atom stereocenters. The van der Waals surface area contributed by atoms with E-state index in [0.29, 0.717) is 26.1 Å². The molecule has 1 amide bonds. The second-order valence-corrected chi connectivity index (χ2v) is 4.08. The van der Waals surface area contributed by atoms with Crippen LogP contribution < -0.4 is 5.73 Å². The number of aliphatic hydroxyl groups is 1. The van der Waals surface area contributed by atoms with Crippen molar-refractivity contribution in [2.75, 3.05) is 26.2 Å². The Morgan fingerprint density at radius 3 is 2.40 bits per heavy atom. The summed E-state index contributed by atoms with van der Waals surface area (Å²) in [5.74, 6) is 0.290. The number of hydrogen-bond donors (Lipinski definition) is 2. The standard InChI is InChI=1S/C11H24N2O2/c1-4-13(6-5-7-14)11(15)10(8-12)9(2)3/h9-10,14H,4-8,12H2,1-3H3. The maximum absolute atomic E-state index is 12.0. The zero-order chi connectivity index (χ0) is 11.8. The Balaban J connectivity index is 4.33. The minimum atomic E-state index is -0.0938. The first-order chi connectivity index (χ1) is 7.08. The Hall–Kier alpha value is -0.610. The maximum Gasteiger partial charge on any atom is 0.227 e. The van der Waals surface area contributed by atoms with E-state index in [9.17, 15) is 4.79 Å². The second-order valence-electron chi connectivity index (χ2n) is 4.08. The van der Waals surface area contributed by atoms with Gasteiger partial charge in [-0.05, 0) is 19.3 Å². The van der Waals surface area contributed by atoms with Gasteiger partial charge in [-0.1, -0.05) is 13.8 Å². The molecule has 0 aromatic heterocycles. The van der Waals surface area contributed by atoms with Gasteiger partial charge in [0.15, 0.2) is 0 Å². The molecule has 0 spiro atoms. The third-order valence-corrected chi connectivity index (χ3v) is 2.66. The summed E-state index contributed by atoms with van der Waals surface area (Å²) >= 11 is 0. The van der Waals surface area contributed by atoms with Crippen LogP contribution in [0.4, 0.5) is 0 Å². The van der Waals surface area contributed by atoms with E-state index in [1.54, 1.807) is 4.90 Å². The van der Waals surface area contributed by atoms with Gasteiger partial charge >= 0.3 is 0 Å². The number of carbonyl (C=O) groups excluding carboxylic acids is 1. The van der Waals surface area contributed by atoms with Crippen molar-refractivity contribution in [3.8, 4) is 0 Å². The van der Waals surface area contributed by atoms with Crippen LogP contribution in [0, 0.1) is 11.8 Å². The molecule has 1 atom stereocenters. The molecule has 4 heteroatoms. The normalized spacial score (nSPS) is 12.9. The summed E-state index contributed by atoms with van der Waals surface area (Å²) in [6.07, 6.45) is 0.634. The number of hydrogen-bond acceptors (Lipinski definition) is 3. The number of nitrogens with zero attached hydrogens (tertiary/aromatic N) is 1. The van der Waals surface area contributed by atoms with Crippen molar-refractivity contribution < 1.29 is 9.90 Å². The predicted octanol–water partition coefficient (Wildman–Crippen LogP) is 0.448. The van der Waals surface area contributed by atoms with E-state index in [1.807, 2.05) is 20.8 Å². The highest BCUT2D eigenvalue weighted by atomic mass is 16.3. The molecular formula is C11H24N2O2. The largest absolute Gasteiger partial charge is 0.396 e. The van der Waals surface area contributed by atoms with Crippen molar-refractivity contribution in [1.29, 1.82) is 0 Å². The highest BCUT2D eigenvalue weighted by molar-refractivity contribution is 5.79. The molecule has 0 fully saturated rings. The first-order valence-electron chi connectivity index (χ1n) is 5.68. The highest BCUT2D eigenvalue weighted by Gasteiger charge is 2.24. The molecule has 0 bridgehead atoms. The first-order valence-corrected chi connectivity index (χ1v) is 5.68. The van der Waals surface area contributed by atoms with Gasteiger partial charge in [0, 0.05) is 26.2 Å². The summed E-state index contributed by atoms with van der Waals surface area (Å²) in [6, 6.07) is 0. The van der Waals surface area contributed by atoms with E-state index in [4.69, 9.17) is 10.8 Å². The van der Waals surface area contributed by atoms with Crippen LogP contribution in [-0.4, -0.2) is 42.2 Å². The van der Waals surface area contributed by atoms with Crippen LogP contribution in [0.5, 0.6) is 0 Å². The topological polar surface area (TPSA) is 66.6 Å². The number of carbonyl (C=O) groups is 1. The Morgan fingerprint density at radius 1 is 1.47 bits per heavy atom. The average Bonchev–Trinajstić information content (AvgIpc) is 2.19. The molecule has 90 valence electrons. The van der Waals surface area contributed by atoms with Gasteiger partial charge in [0.2, 0.25) is 5.91 Å². The Labute approximate surface area is 92.4 Å². The minimum Gasteiger partial charge on any atom is -0.396 e. The minimum absolute atomic E-state index is 0.0938. The van der Waals surface area contributed by atoms with E-state index < -0.39 is 0 Å². The first kappa shape index (κ1) is 14.4. The Morgan fingerprint density at radius 2 is 2.07 bits per heavy atom. The lowest BCUT2D eigenvalue weighted by atomic mass is 9.94. The lowest BCUT2D eigenvalue weighted by Crippen LogP contribution is -2.42. The maximum atomic E-state index is 12.0. The summed E-state index contributed by atoms with van der Waals surface area (Å²) in [5.41, 5.74) is 5.60. The molecular weight excluding hydrogens is 192 g/mol.